The molecule has 2 aromatic heterocycles. The van der Waals surface area contributed by atoms with Gasteiger partial charge in [0.25, 0.3) is 0 Å². The largest absolute Gasteiger partial charge is 0.507 e. The van der Waals surface area contributed by atoms with Crippen molar-refractivity contribution in [1.82, 2.24) is 9.97 Å². The molecule has 5 heteroatoms. The molecule has 0 unspecified atom stereocenters. The molecular weight excluding hydrogens is 368 g/mol. The van der Waals surface area contributed by atoms with Gasteiger partial charge in [-0.15, -0.1) is 11.3 Å². The first-order chi connectivity index (χ1) is 13.7. The molecule has 0 amide bonds. The van der Waals surface area contributed by atoms with Crippen LogP contribution >= 0.6 is 11.3 Å². The Morgan fingerprint density at radius 1 is 0.821 bits per heavy atom. The van der Waals surface area contributed by atoms with Crippen molar-refractivity contribution in [3.8, 4) is 34.3 Å². The summed E-state index contributed by atoms with van der Waals surface area (Å²) in [5.74, 6) is 1.03. The summed E-state index contributed by atoms with van der Waals surface area (Å²) in [5, 5.41) is 12.7. The van der Waals surface area contributed by atoms with Crippen LogP contribution in [0.15, 0.2) is 72.8 Å². The molecule has 4 nitrogen and oxygen atoms in total. The van der Waals surface area contributed by atoms with Crippen LogP contribution in [0, 0.1) is 0 Å². The normalized spacial score (nSPS) is 11.2. The highest BCUT2D eigenvalue weighted by atomic mass is 32.1. The van der Waals surface area contributed by atoms with Gasteiger partial charge in [0.1, 0.15) is 5.75 Å². The van der Waals surface area contributed by atoms with Crippen LogP contribution in [0.4, 0.5) is 0 Å². The molecule has 0 radical (unpaired) electrons. The van der Waals surface area contributed by atoms with Crippen LogP contribution in [0.1, 0.15) is 0 Å². The molecule has 0 bridgehead atoms. The number of rotatable bonds is 3. The molecule has 0 spiro atoms. The number of nitrogens with zero attached hydrogens (tertiary/aromatic N) is 2. The van der Waals surface area contributed by atoms with Crippen molar-refractivity contribution in [2.75, 3.05) is 7.11 Å². The zero-order chi connectivity index (χ0) is 19.1. The monoisotopic (exact) mass is 384 g/mol. The number of methoxy groups -OCH3 is 1. The first kappa shape index (κ1) is 16.7. The second-order valence-corrected chi connectivity index (χ2v) is 7.53. The standard InChI is InChI=1S/C23H16N2O2S/c1-27-22-13-18(24-23(25-22)16-7-2-4-8-19(16)26)14-10-11-21-17(12-14)15-6-3-5-9-20(15)28-21/h2-13,26H,1H3. The van der Waals surface area contributed by atoms with E-state index in [0.29, 0.717) is 17.3 Å². The van der Waals surface area contributed by atoms with Gasteiger partial charge in [0.15, 0.2) is 5.82 Å². The Balaban J connectivity index is 1.71. The second-order valence-electron chi connectivity index (χ2n) is 6.45. The molecule has 136 valence electrons. The van der Waals surface area contributed by atoms with E-state index in [0.717, 1.165) is 11.3 Å². The first-order valence-corrected chi connectivity index (χ1v) is 9.68. The minimum Gasteiger partial charge on any atom is -0.507 e. The number of phenols is 1. The Hall–Kier alpha value is -3.44. The Bertz CT molecular complexity index is 1330. The Morgan fingerprint density at radius 2 is 1.61 bits per heavy atom. The third-order valence-corrected chi connectivity index (χ3v) is 5.88. The molecule has 1 N–H and O–H groups in total. The SMILES string of the molecule is COc1cc(-c2ccc3sc4ccccc4c3c2)nc(-c2ccccc2O)n1. The molecule has 5 aromatic rings. The summed E-state index contributed by atoms with van der Waals surface area (Å²) >= 11 is 1.78. The van der Waals surface area contributed by atoms with Gasteiger partial charge in [0.05, 0.1) is 18.4 Å². The highest BCUT2D eigenvalue weighted by molar-refractivity contribution is 7.25. The van der Waals surface area contributed by atoms with Crippen LogP contribution in [0.5, 0.6) is 11.6 Å². The summed E-state index contributed by atoms with van der Waals surface area (Å²) in [6.07, 6.45) is 0. The molecule has 0 saturated heterocycles. The molecule has 0 aliphatic carbocycles. The molecule has 2 heterocycles. The van der Waals surface area contributed by atoms with Crippen LogP contribution in [-0.2, 0) is 0 Å². The lowest BCUT2D eigenvalue weighted by molar-refractivity contribution is 0.397. The maximum absolute atomic E-state index is 10.2. The van der Waals surface area contributed by atoms with Crippen LogP contribution in [-0.4, -0.2) is 22.2 Å². The Labute approximate surface area is 165 Å². The first-order valence-electron chi connectivity index (χ1n) is 8.86. The second kappa shape index (κ2) is 6.62. The number of benzene rings is 3. The van der Waals surface area contributed by atoms with Crippen molar-refractivity contribution in [2.45, 2.75) is 0 Å². The fourth-order valence-corrected chi connectivity index (χ4v) is 4.43. The van der Waals surface area contributed by atoms with Gasteiger partial charge in [-0.25, -0.2) is 4.98 Å². The minimum absolute atomic E-state index is 0.140. The van der Waals surface area contributed by atoms with Crippen molar-refractivity contribution >= 4 is 31.5 Å². The van der Waals surface area contributed by atoms with E-state index in [2.05, 4.69) is 47.4 Å². The molecule has 0 aliphatic rings. The van der Waals surface area contributed by atoms with Crippen molar-refractivity contribution in [2.24, 2.45) is 0 Å². The highest BCUT2D eigenvalue weighted by Crippen LogP contribution is 2.37. The van der Waals surface area contributed by atoms with E-state index in [4.69, 9.17) is 9.72 Å². The predicted molar refractivity (Wildman–Crippen MR) is 114 cm³/mol. The van der Waals surface area contributed by atoms with Gasteiger partial charge < -0.3 is 9.84 Å². The van der Waals surface area contributed by atoms with Crippen molar-refractivity contribution < 1.29 is 9.84 Å². The lowest BCUT2D eigenvalue weighted by Crippen LogP contribution is -1.96. The van der Waals surface area contributed by atoms with E-state index in [1.807, 2.05) is 12.1 Å². The molecule has 5 rings (SSSR count). The lowest BCUT2D eigenvalue weighted by atomic mass is 10.1. The molecule has 28 heavy (non-hydrogen) atoms. The third kappa shape index (κ3) is 2.77. The zero-order valence-electron chi connectivity index (χ0n) is 15.1. The number of aromatic nitrogens is 2. The maximum Gasteiger partial charge on any atom is 0.217 e. The number of hydrogen-bond donors (Lipinski definition) is 1. The number of fused-ring (bicyclic) bond motifs is 3. The van der Waals surface area contributed by atoms with E-state index in [9.17, 15) is 5.11 Å². The third-order valence-electron chi connectivity index (χ3n) is 4.73. The Kier molecular flexibility index (Phi) is 3.95. The quantitative estimate of drug-likeness (QED) is 0.421. The average molecular weight is 384 g/mol. The minimum atomic E-state index is 0.140. The van der Waals surface area contributed by atoms with E-state index in [1.54, 1.807) is 36.6 Å². The van der Waals surface area contributed by atoms with Crippen LogP contribution < -0.4 is 4.74 Å². The van der Waals surface area contributed by atoms with E-state index >= 15 is 0 Å². The molecule has 0 atom stereocenters. The van der Waals surface area contributed by atoms with Gasteiger partial charge in [0, 0.05) is 31.8 Å². The van der Waals surface area contributed by atoms with Crippen molar-refractivity contribution in [3.05, 3.63) is 72.8 Å². The van der Waals surface area contributed by atoms with Crippen LogP contribution in [0.3, 0.4) is 0 Å². The van der Waals surface area contributed by atoms with E-state index < -0.39 is 0 Å². The molecule has 0 aliphatic heterocycles. The molecular formula is C23H16N2O2S. The number of ether oxygens (including phenoxy) is 1. The van der Waals surface area contributed by atoms with Gasteiger partial charge >= 0.3 is 0 Å². The summed E-state index contributed by atoms with van der Waals surface area (Å²) in [7, 11) is 1.58. The molecule has 0 fully saturated rings. The van der Waals surface area contributed by atoms with Gasteiger partial charge in [-0.3, -0.25) is 0 Å². The summed E-state index contributed by atoms with van der Waals surface area (Å²) in [4.78, 5) is 9.13. The van der Waals surface area contributed by atoms with Gasteiger partial charge in [-0.05, 0) is 30.3 Å². The predicted octanol–water partition coefficient (Wildman–Crippen LogP) is 5.89. The summed E-state index contributed by atoms with van der Waals surface area (Å²) < 4.78 is 7.90. The fourth-order valence-electron chi connectivity index (χ4n) is 3.35. The van der Waals surface area contributed by atoms with E-state index in [-0.39, 0.29) is 5.75 Å². The number of aromatic hydroxyl groups is 1. The van der Waals surface area contributed by atoms with Crippen molar-refractivity contribution in [1.29, 1.82) is 0 Å². The topological polar surface area (TPSA) is 55.2 Å². The Morgan fingerprint density at radius 3 is 2.46 bits per heavy atom. The van der Waals surface area contributed by atoms with Crippen LogP contribution in [0.2, 0.25) is 0 Å². The summed E-state index contributed by atoms with van der Waals surface area (Å²) in [6.45, 7) is 0. The average Bonchev–Trinajstić information content (AvgIpc) is 3.11. The fraction of sp³-hybridized carbons (Fsp3) is 0.0435. The number of phenolic OH excluding ortho intramolecular Hbond substituents is 1. The zero-order valence-corrected chi connectivity index (χ0v) is 15.9. The van der Waals surface area contributed by atoms with Gasteiger partial charge in [0.2, 0.25) is 5.88 Å². The molecule has 0 saturated carbocycles. The van der Waals surface area contributed by atoms with E-state index in [1.165, 1.54) is 20.2 Å². The maximum atomic E-state index is 10.2. The van der Waals surface area contributed by atoms with Crippen molar-refractivity contribution in [3.63, 3.8) is 0 Å². The highest BCUT2D eigenvalue weighted by Gasteiger charge is 2.13. The number of para-hydroxylation sites is 1. The molecule has 3 aromatic carbocycles. The summed E-state index contributed by atoms with van der Waals surface area (Å²) in [6, 6.07) is 23.6. The number of hydrogen-bond acceptors (Lipinski definition) is 5. The summed E-state index contributed by atoms with van der Waals surface area (Å²) in [5.41, 5.74) is 2.31. The van der Waals surface area contributed by atoms with Gasteiger partial charge in [-0.2, -0.15) is 4.98 Å². The lowest BCUT2D eigenvalue weighted by Gasteiger charge is -2.09. The number of thiophene rings is 1. The smallest absolute Gasteiger partial charge is 0.217 e. The van der Waals surface area contributed by atoms with Crippen LogP contribution in [0.25, 0.3) is 42.8 Å². The van der Waals surface area contributed by atoms with Gasteiger partial charge in [-0.1, -0.05) is 36.4 Å².